The minimum absolute atomic E-state index is 0.305. The third-order valence-electron chi connectivity index (χ3n) is 3.61. The summed E-state index contributed by atoms with van der Waals surface area (Å²) in [5, 5.41) is 9.24. The number of benzene rings is 1. The Balaban J connectivity index is 1.65. The Kier molecular flexibility index (Phi) is 3.69. The lowest BCUT2D eigenvalue weighted by Gasteiger charge is -2.07. The maximum atomic E-state index is 11.3. The molecule has 0 radical (unpaired) electrons. The first-order chi connectivity index (χ1) is 9.75. The fraction of sp³-hybridized carbons (Fsp3) is 0.467. The molecule has 0 bridgehead atoms. The molecule has 0 unspecified atom stereocenters. The molecule has 3 rings (SSSR count). The van der Waals surface area contributed by atoms with Crippen molar-refractivity contribution in [3.05, 3.63) is 30.1 Å². The van der Waals surface area contributed by atoms with Gasteiger partial charge < -0.3 is 14.4 Å². The number of aromatic nitrogens is 2. The lowest BCUT2D eigenvalue weighted by Crippen LogP contribution is -2.06. The number of ether oxygens (including phenoxy) is 1. The van der Waals surface area contributed by atoms with Gasteiger partial charge in [-0.2, -0.15) is 0 Å². The number of hydrogen-bond donors (Lipinski definition) is 1. The summed E-state index contributed by atoms with van der Waals surface area (Å²) in [6, 6.07) is 5.18. The topological polar surface area (TPSA) is 64.3 Å². The number of hydrogen-bond acceptors (Lipinski definition) is 3. The third-order valence-corrected chi connectivity index (χ3v) is 3.61. The zero-order valence-corrected chi connectivity index (χ0v) is 11.3. The predicted molar refractivity (Wildman–Crippen MR) is 74.9 cm³/mol. The Morgan fingerprint density at radius 2 is 2.30 bits per heavy atom. The molecule has 2 aromatic rings. The van der Waals surface area contributed by atoms with Crippen LogP contribution in [0.1, 0.15) is 29.6 Å². The van der Waals surface area contributed by atoms with Crippen LogP contribution in [0.15, 0.2) is 24.5 Å². The maximum absolute atomic E-state index is 11.3. The molecule has 0 saturated heterocycles. The highest BCUT2D eigenvalue weighted by atomic mass is 16.5. The molecule has 20 heavy (non-hydrogen) atoms. The van der Waals surface area contributed by atoms with Gasteiger partial charge in [0.1, 0.15) is 0 Å². The van der Waals surface area contributed by atoms with Gasteiger partial charge in [0.25, 0.3) is 0 Å². The number of aryl methyl sites for hydroxylation is 1. The molecule has 5 heteroatoms. The summed E-state index contributed by atoms with van der Waals surface area (Å²) in [7, 11) is 0. The SMILES string of the molecule is O=C(O)c1cccc2ncn(CCCOCC3CC3)c12. The van der Waals surface area contributed by atoms with Crippen molar-refractivity contribution in [1.82, 2.24) is 9.55 Å². The zero-order chi connectivity index (χ0) is 13.9. The predicted octanol–water partition coefficient (Wildman–Crippen LogP) is 2.55. The van der Waals surface area contributed by atoms with Gasteiger partial charge in [0.2, 0.25) is 0 Å². The molecule has 1 aromatic heterocycles. The van der Waals surface area contributed by atoms with E-state index < -0.39 is 5.97 Å². The van der Waals surface area contributed by atoms with E-state index in [-0.39, 0.29) is 0 Å². The van der Waals surface area contributed by atoms with E-state index in [1.165, 1.54) is 12.8 Å². The van der Waals surface area contributed by atoms with Crippen molar-refractivity contribution >= 4 is 17.0 Å². The van der Waals surface area contributed by atoms with Gasteiger partial charge in [0, 0.05) is 19.8 Å². The minimum atomic E-state index is -0.915. The first-order valence-corrected chi connectivity index (χ1v) is 7.00. The van der Waals surface area contributed by atoms with Crippen LogP contribution in [0, 0.1) is 5.92 Å². The number of rotatable bonds is 7. The Morgan fingerprint density at radius 1 is 1.45 bits per heavy atom. The van der Waals surface area contributed by atoms with Crippen molar-refractivity contribution < 1.29 is 14.6 Å². The summed E-state index contributed by atoms with van der Waals surface area (Å²) in [6.45, 7) is 2.31. The molecule has 0 atom stereocenters. The van der Waals surface area contributed by atoms with Gasteiger partial charge >= 0.3 is 5.97 Å². The molecule has 1 aliphatic carbocycles. The fourth-order valence-electron chi connectivity index (χ4n) is 2.34. The van der Waals surface area contributed by atoms with E-state index >= 15 is 0 Å². The minimum Gasteiger partial charge on any atom is -0.478 e. The molecule has 5 nitrogen and oxygen atoms in total. The molecule has 1 fully saturated rings. The molecule has 1 heterocycles. The second-order valence-corrected chi connectivity index (χ2v) is 5.29. The van der Waals surface area contributed by atoms with Crippen LogP contribution >= 0.6 is 0 Å². The summed E-state index contributed by atoms with van der Waals surface area (Å²) in [4.78, 5) is 15.5. The van der Waals surface area contributed by atoms with Crippen molar-refractivity contribution in [2.75, 3.05) is 13.2 Å². The van der Waals surface area contributed by atoms with E-state index in [1.807, 2.05) is 10.6 Å². The molecule has 0 amide bonds. The van der Waals surface area contributed by atoms with Crippen LogP contribution in [0.25, 0.3) is 11.0 Å². The average Bonchev–Trinajstić information content (AvgIpc) is 3.17. The Bertz CT molecular complexity index is 617. The van der Waals surface area contributed by atoms with Crippen LogP contribution in [0.5, 0.6) is 0 Å². The van der Waals surface area contributed by atoms with Crippen molar-refractivity contribution in [1.29, 1.82) is 0 Å². The fourth-order valence-corrected chi connectivity index (χ4v) is 2.34. The highest BCUT2D eigenvalue weighted by Gasteiger charge is 2.20. The molecule has 0 spiro atoms. The van der Waals surface area contributed by atoms with Gasteiger partial charge in [-0.15, -0.1) is 0 Å². The monoisotopic (exact) mass is 274 g/mol. The highest BCUT2D eigenvalue weighted by Crippen LogP contribution is 2.28. The van der Waals surface area contributed by atoms with Crippen LogP contribution in [0.4, 0.5) is 0 Å². The Labute approximate surface area is 117 Å². The molecule has 1 saturated carbocycles. The van der Waals surface area contributed by atoms with E-state index in [2.05, 4.69) is 4.98 Å². The molecule has 1 N–H and O–H groups in total. The van der Waals surface area contributed by atoms with E-state index in [0.717, 1.165) is 31.0 Å². The van der Waals surface area contributed by atoms with Crippen molar-refractivity contribution in [2.45, 2.75) is 25.8 Å². The lowest BCUT2D eigenvalue weighted by molar-refractivity contribution is 0.0698. The molecule has 106 valence electrons. The number of fused-ring (bicyclic) bond motifs is 1. The maximum Gasteiger partial charge on any atom is 0.337 e. The van der Waals surface area contributed by atoms with Gasteiger partial charge in [-0.05, 0) is 37.3 Å². The number of aromatic carboxylic acids is 1. The summed E-state index contributed by atoms with van der Waals surface area (Å²) >= 11 is 0. The number of carbonyl (C=O) groups is 1. The zero-order valence-electron chi connectivity index (χ0n) is 11.3. The standard InChI is InChI=1S/C15H18N2O3/c18-15(19)12-3-1-4-13-14(12)17(10-16-13)7-2-8-20-9-11-5-6-11/h1,3-4,10-11H,2,5-9H2,(H,18,19). The lowest BCUT2D eigenvalue weighted by atomic mass is 10.2. The smallest absolute Gasteiger partial charge is 0.337 e. The number of nitrogens with zero attached hydrogens (tertiary/aromatic N) is 2. The normalized spacial score (nSPS) is 14.8. The second-order valence-electron chi connectivity index (χ2n) is 5.29. The van der Waals surface area contributed by atoms with Gasteiger partial charge in [0.05, 0.1) is 22.9 Å². The first-order valence-electron chi connectivity index (χ1n) is 7.00. The summed E-state index contributed by atoms with van der Waals surface area (Å²) in [5.74, 6) is -0.134. The molecular weight excluding hydrogens is 256 g/mol. The molecule has 0 aliphatic heterocycles. The molecular formula is C15H18N2O3. The van der Waals surface area contributed by atoms with E-state index in [4.69, 9.17) is 4.74 Å². The van der Waals surface area contributed by atoms with Crippen LogP contribution in [0.2, 0.25) is 0 Å². The second kappa shape index (κ2) is 5.63. The van der Waals surface area contributed by atoms with Gasteiger partial charge in [-0.25, -0.2) is 9.78 Å². The Morgan fingerprint density at radius 3 is 3.05 bits per heavy atom. The van der Waals surface area contributed by atoms with E-state index in [0.29, 0.717) is 17.7 Å². The van der Waals surface area contributed by atoms with Crippen LogP contribution in [-0.2, 0) is 11.3 Å². The number of carboxylic acids is 1. The summed E-state index contributed by atoms with van der Waals surface area (Å²) in [6.07, 6.45) is 5.17. The number of para-hydroxylation sites is 1. The summed E-state index contributed by atoms with van der Waals surface area (Å²) in [5.41, 5.74) is 1.73. The van der Waals surface area contributed by atoms with E-state index in [9.17, 15) is 9.90 Å². The average molecular weight is 274 g/mol. The van der Waals surface area contributed by atoms with Crippen LogP contribution in [-0.4, -0.2) is 33.8 Å². The summed E-state index contributed by atoms with van der Waals surface area (Å²) < 4.78 is 7.50. The number of imidazole rings is 1. The van der Waals surface area contributed by atoms with Gasteiger partial charge in [0.15, 0.2) is 0 Å². The van der Waals surface area contributed by atoms with Crippen molar-refractivity contribution in [2.24, 2.45) is 5.92 Å². The molecule has 1 aliphatic rings. The highest BCUT2D eigenvalue weighted by molar-refractivity contribution is 6.01. The Hall–Kier alpha value is -1.88. The van der Waals surface area contributed by atoms with E-state index in [1.54, 1.807) is 18.5 Å². The third kappa shape index (κ3) is 2.82. The largest absolute Gasteiger partial charge is 0.478 e. The van der Waals surface area contributed by atoms with Gasteiger partial charge in [-0.3, -0.25) is 0 Å². The van der Waals surface area contributed by atoms with Crippen LogP contribution in [0.3, 0.4) is 0 Å². The molecule has 1 aromatic carbocycles. The quantitative estimate of drug-likeness (QED) is 0.788. The van der Waals surface area contributed by atoms with Gasteiger partial charge in [-0.1, -0.05) is 6.07 Å². The van der Waals surface area contributed by atoms with Crippen molar-refractivity contribution in [3.63, 3.8) is 0 Å². The number of carboxylic acid groups (broad SMARTS) is 1. The van der Waals surface area contributed by atoms with Crippen LogP contribution < -0.4 is 0 Å². The first kappa shape index (κ1) is 13.1. The van der Waals surface area contributed by atoms with Crippen molar-refractivity contribution in [3.8, 4) is 0 Å².